The predicted octanol–water partition coefficient (Wildman–Crippen LogP) is 1.55. The van der Waals surface area contributed by atoms with Crippen molar-refractivity contribution in [3.05, 3.63) is 29.8 Å². The lowest BCUT2D eigenvalue weighted by molar-refractivity contribution is 0.220. The first kappa shape index (κ1) is 13.0. The molecule has 0 heterocycles. The van der Waals surface area contributed by atoms with Crippen LogP contribution in [0.5, 0.6) is 5.75 Å². The minimum atomic E-state index is 0.232. The van der Waals surface area contributed by atoms with Crippen LogP contribution >= 0.6 is 0 Å². The maximum absolute atomic E-state index is 8.76. The molecule has 0 fully saturated rings. The van der Waals surface area contributed by atoms with Crippen molar-refractivity contribution >= 4 is 0 Å². The first-order valence-corrected chi connectivity index (χ1v) is 5.68. The highest BCUT2D eigenvalue weighted by molar-refractivity contribution is 5.28. The number of methoxy groups -OCH3 is 1. The number of aliphatic hydroxyl groups excluding tert-OH is 1. The van der Waals surface area contributed by atoms with Crippen LogP contribution in [-0.4, -0.2) is 43.9 Å². The molecule has 0 aliphatic heterocycles. The smallest absolute Gasteiger partial charge is 0.119 e. The van der Waals surface area contributed by atoms with Gasteiger partial charge in [0.2, 0.25) is 0 Å². The Kier molecular flexibility index (Phi) is 5.90. The molecule has 1 aromatic rings. The van der Waals surface area contributed by atoms with Crippen molar-refractivity contribution in [2.75, 3.05) is 33.9 Å². The van der Waals surface area contributed by atoms with Gasteiger partial charge in [-0.25, -0.2) is 0 Å². The molecule has 0 amide bonds. The van der Waals surface area contributed by atoms with Crippen LogP contribution in [-0.2, 0) is 6.42 Å². The van der Waals surface area contributed by atoms with Gasteiger partial charge in [0.05, 0.1) is 13.7 Å². The van der Waals surface area contributed by atoms with E-state index < -0.39 is 0 Å². The van der Waals surface area contributed by atoms with Crippen LogP contribution < -0.4 is 4.74 Å². The average molecular weight is 223 g/mol. The molecular formula is C13H21NO2. The van der Waals surface area contributed by atoms with E-state index in [1.165, 1.54) is 5.56 Å². The van der Waals surface area contributed by atoms with Crippen LogP contribution in [0.1, 0.15) is 12.0 Å². The number of hydrogen-bond acceptors (Lipinski definition) is 3. The zero-order valence-corrected chi connectivity index (χ0v) is 10.1. The highest BCUT2D eigenvalue weighted by atomic mass is 16.5. The maximum Gasteiger partial charge on any atom is 0.119 e. The lowest BCUT2D eigenvalue weighted by Gasteiger charge is -2.14. The topological polar surface area (TPSA) is 32.7 Å². The summed E-state index contributed by atoms with van der Waals surface area (Å²) in [6.07, 6.45) is 2.15. The molecule has 0 aliphatic carbocycles. The Morgan fingerprint density at radius 2 is 2.12 bits per heavy atom. The number of aryl methyl sites for hydroxylation is 1. The second kappa shape index (κ2) is 7.25. The van der Waals surface area contributed by atoms with Crippen molar-refractivity contribution in [3.8, 4) is 5.75 Å². The van der Waals surface area contributed by atoms with E-state index in [-0.39, 0.29) is 6.61 Å². The molecule has 3 heteroatoms. The molecule has 0 radical (unpaired) electrons. The normalized spacial score (nSPS) is 10.8. The van der Waals surface area contributed by atoms with Gasteiger partial charge in [0.1, 0.15) is 5.75 Å². The third-order valence-electron chi connectivity index (χ3n) is 2.62. The lowest BCUT2D eigenvalue weighted by atomic mass is 10.1. The van der Waals surface area contributed by atoms with Crippen molar-refractivity contribution < 1.29 is 9.84 Å². The Labute approximate surface area is 97.7 Å². The maximum atomic E-state index is 8.76. The van der Waals surface area contributed by atoms with Crippen LogP contribution in [0.25, 0.3) is 0 Å². The highest BCUT2D eigenvalue weighted by Gasteiger charge is 1.99. The van der Waals surface area contributed by atoms with Gasteiger partial charge in [0, 0.05) is 6.54 Å². The summed E-state index contributed by atoms with van der Waals surface area (Å²) < 4.78 is 5.18. The molecule has 0 spiro atoms. The van der Waals surface area contributed by atoms with E-state index in [0.29, 0.717) is 0 Å². The van der Waals surface area contributed by atoms with Crippen molar-refractivity contribution in [3.63, 3.8) is 0 Å². The van der Waals surface area contributed by atoms with Gasteiger partial charge in [-0.15, -0.1) is 0 Å². The summed E-state index contributed by atoms with van der Waals surface area (Å²) in [5, 5.41) is 8.76. The number of likely N-dealkylation sites (N-methyl/N-ethyl adjacent to an activating group) is 1. The summed E-state index contributed by atoms with van der Waals surface area (Å²) in [5.74, 6) is 0.918. The second-order valence-corrected chi connectivity index (χ2v) is 3.98. The van der Waals surface area contributed by atoms with E-state index in [1.54, 1.807) is 7.11 Å². The quantitative estimate of drug-likeness (QED) is 0.761. The van der Waals surface area contributed by atoms with Gasteiger partial charge in [-0.05, 0) is 44.1 Å². The molecule has 0 saturated carbocycles. The van der Waals surface area contributed by atoms with E-state index in [1.807, 2.05) is 19.2 Å². The van der Waals surface area contributed by atoms with Gasteiger partial charge in [-0.1, -0.05) is 12.1 Å². The standard InChI is InChI=1S/C13H21NO2/c1-14(9-10-15)8-4-6-12-5-3-7-13(11-12)16-2/h3,5,7,11,15H,4,6,8-10H2,1-2H3. The molecule has 16 heavy (non-hydrogen) atoms. The fourth-order valence-corrected chi connectivity index (χ4v) is 1.66. The van der Waals surface area contributed by atoms with Crippen LogP contribution in [0.2, 0.25) is 0 Å². The summed E-state index contributed by atoms with van der Waals surface area (Å²) in [4.78, 5) is 2.14. The molecule has 3 nitrogen and oxygen atoms in total. The molecule has 90 valence electrons. The number of aliphatic hydroxyl groups is 1. The minimum Gasteiger partial charge on any atom is -0.497 e. The van der Waals surface area contributed by atoms with E-state index in [2.05, 4.69) is 17.0 Å². The van der Waals surface area contributed by atoms with Gasteiger partial charge >= 0.3 is 0 Å². The SMILES string of the molecule is COc1cccc(CCCN(C)CCO)c1. The number of rotatable bonds is 7. The third kappa shape index (κ3) is 4.64. The fraction of sp³-hybridized carbons (Fsp3) is 0.538. The van der Waals surface area contributed by atoms with E-state index in [0.717, 1.165) is 31.7 Å². The third-order valence-corrected chi connectivity index (χ3v) is 2.62. The van der Waals surface area contributed by atoms with E-state index in [9.17, 15) is 0 Å². The Morgan fingerprint density at radius 1 is 1.31 bits per heavy atom. The molecule has 0 unspecified atom stereocenters. The van der Waals surface area contributed by atoms with Crippen molar-refractivity contribution in [2.45, 2.75) is 12.8 Å². The number of hydrogen-bond donors (Lipinski definition) is 1. The minimum absolute atomic E-state index is 0.232. The number of nitrogens with zero attached hydrogens (tertiary/aromatic N) is 1. The van der Waals surface area contributed by atoms with Crippen molar-refractivity contribution in [1.29, 1.82) is 0 Å². The molecule has 0 bridgehead atoms. The van der Waals surface area contributed by atoms with E-state index in [4.69, 9.17) is 9.84 Å². The average Bonchev–Trinajstić information content (AvgIpc) is 2.30. The van der Waals surface area contributed by atoms with Gasteiger partial charge in [0.15, 0.2) is 0 Å². The molecule has 0 aliphatic rings. The number of ether oxygens (including phenoxy) is 1. The summed E-state index contributed by atoms with van der Waals surface area (Å²) in [7, 11) is 3.72. The first-order chi connectivity index (χ1) is 7.76. The van der Waals surface area contributed by atoms with Crippen LogP contribution in [0.15, 0.2) is 24.3 Å². The van der Waals surface area contributed by atoms with Gasteiger partial charge in [-0.2, -0.15) is 0 Å². The summed E-state index contributed by atoms with van der Waals surface area (Å²) in [6, 6.07) is 8.17. The zero-order chi connectivity index (χ0) is 11.8. The predicted molar refractivity (Wildman–Crippen MR) is 65.9 cm³/mol. The Balaban J connectivity index is 2.31. The summed E-state index contributed by atoms with van der Waals surface area (Å²) in [6.45, 7) is 1.99. The molecule has 1 rings (SSSR count). The Bertz CT molecular complexity index is 302. The summed E-state index contributed by atoms with van der Waals surface area (Å²) in [5.41, 5.74) is 1.30. The highest BCUT2D eigenvalue weighted by Crippen LogP contribution is 2.13. The van der Waals surface area contributed by atoms with Gasteiger partial charge < -0.3 is 14.7 Å². The Hall–Kier alpha value is -1.06. The van der Waals surface area contributed by atoms with Crippen LogP contribution in [0, 0.1) is 0 Å². The van der Waals surface area contributed by atoms with Crippen LogP contribution in [0.3, 0.4) is 0 Å². The van der Waals surface area contributed by atoms with Crippen molar-refractivity contribution in [1.82, 2.24) is 4.90 Å². The van der Waals surface area contributed by atoms with Gasteiger partial charge in [0.25, 0.3) is 0 Å². The largest absolute Gasteiger partial charge is 0.497 e. The molecule has 0 aromatic heterocycles. The first-order valence-electron chi connectivity index (χ1n) is 5.68. The van der Waals surface area contributed by atoms with Gasteiger partial charge in [-0.3, -0.25) is 0 Å². The zero-order valence-electron chi connectivity index (χ0n) is 10.1. The number of benzene rings is 1. The monoisotopic (exact) mass is 223 g/mol. The Morgan fingerprint density at radius 3 is 2.81 bits per heavy atom. The fourth-order valence-electron chi connectivity index (χ4n) is 1.66. The molecule has 0 saturated heterocycles. The lowest BCUT2D eigenvalue weighted by Crippen LogP contribution is -2.23. The molecule has 1 N–H and O–H groups in total. The summed E-state index contributed by atoms with van der Waals surface area (Å²) >= 11 is 0. The molecule has 1 aromatic carbocycles. The molecule has 0 atom stereocenters. The van der Waals surface area contributed by atoms with Crippen LogP contribution in [0.4, 0.5) is 0 Å². The molecular weight excluding hydrogens is 202 g/mol. The second-order valence-electron chi connectivity index (χ2n) is 3.98. The van der Waals surface area contributed by atoms with Crippen molar-refractivity contribution in [2.24, 2.45) is 0 Å². The van der Waals surface area contributed by atoms with E-state index >= 15 is 0 Å².